The van der Waals surface area contributed by atoms with Crippen LogP contribution >= 0.6 is 0 Å². The van der Waals surface area contributed by atoms with Crippen molar-refractivity contribution in [2.24, 2.45) is 11.1 Å². The highest BCUT2D eigenvalue weighted by Crippen LogP contribution is 2.20. The first-order chi connectivity index (χ1) is 7.41. The zero-order valence-electron chi connectivity index (χ0n) is 11.6. The molecule has 0 saturated carbocycles. The van der Waals surface area contributed by atoms with Gasteiger partial charge in [0, 0.05) is 0 Å². The third-order valence-corrected chi connectivity index (χ3v) is 1.85. The minimum Gasteiger partial charge on any atom is -0.444 e. The zero-order valence-corrected chi connectivity index (χ0v) is 11.6. The van der Waals surface area contributed by atoms with E-state index in [0.717, 1.165) is 0 Å². The lowest BCUT2D eigenvalue weighted by atomic mass is 9.88. The van der Waals surface area contributed by atoms with E-state index < -0.39 is 23.6 Å². The van der Waals surface area contributed by atoms with Crippen LogP contribution in [0.2, 0.25) is 0 Å². The van der Waals surface area contributed by atoms with Gasteiger partial charge in [-0.25, -0.2) is 4.79 Å². The van der Waals surface area contributed by atoms with Crippen LogP contribution in [-0.2, 0) is 9.53 Å². The highest BCUT2D eigenvalue weighted by Gasteiger charge is 2.26. The summed E-state index contributed by atoms with van der Waals surface area (Å²) < 4.78 is 5.08. The van der Waals surface area contributed by atoms with Gasteiger partial charge in [0.1, 0.15) is 11.6 Å². The van der Waals surface area contributed by atoms with Gasteiger partial charge >= 0.3 is 6.09 Å². The highest BCUT2D eigenvalue weighted by atomic mass is 16.6. The summed E-state index contributed by atoms with van der Waals surface area (Å²) in [7, 11) is 0. The minimum atomic E-state index is -0.704. The number of hydrogen-bond donors (Lipinski definition) is 2. The maximum absolute atomic E-state index is 11.5. The molecule has 0 fully saturated rings. The van der Waals surface area contributed by atoms with Gasteiger partial charge in [-0.2, -0.15) is 0 Å². The molecule has 0 aliphatic carbocycles. The van der Waals surface area contributed by atoms with Gasteiger partial charge in [-0.05, 0) is 32.6 Å². The monoisotopic (exact) mass is 244 g/mol. The van der Waals surface area contributed by atoms with Crippen molar-refractivity contribution in [2.45, 2.75) is 59.6 Å². The summed E-state index contributed by atoms with van der Waals surface area (Å²) in [5.74, 6) is -0.550. The first-order valence-electron chi connectivity index (χ1n) is 5.69. The number of amides is 2. The van der Waals surface area contributed by atoms with Crippen LogP contribution < -0.4 is 11.1 Å². The van der Waals surface area contributed by atoms with Gasteiger partial charge < -0.3 is 15.8 Å². The molecule has 0 radical (unpaired) electrons. The predicted molar refractivity (Wildman–Crippen MR) is 66.4 cm³/mol. The molecule has 17 heavy (non-hydrogen) atoms. The smallest absolute Gasteiger partial charge is 0.408 e. The fourth-order valence-electron chi connectivity index (χ4n) is 1.28. The molecule has 0 aliphatic rings. The van der Waals surface area contributed by atoms with Crippen LogP contribution in [0.25, 0.3) is 0 Å². The van der Waals surface area contributed by atoms with Gasteiger partial charge in [0.25, 0.3) is 0 Å². The quantitative estimate of drug-likeness (QED) is 0.794. The van der Waals surface area contributed by atoms with E-state index >= 15 is 0 Å². The molecule has 0 spiro atoms. The third-order valence-electron chi connectivity index (χ3n) is 1.85. The Morgan fingerprint density at radius 3 is 1.94 bits per heavy atom. The molecule has 0 aliphatic heterocycles. The SMILES string of the molecule is CC(C)(C)CC(NC(=O)OC(C)(C)C)C(N)=O. The zero-order chi connectivity index (χ0) is 13.9. The van der Waals surface area contributed by atoms with Gasteiger partial charge in [-0.1, -0.05) is 20.8 Å². The van der Waals surface area contributed by atoms with E-state index in [2.05, 4.69) is 5.32 Å². The first kappa shape index (κ1) is 15.7. The molecule has 0 rings (SSSR count). The van der Waals surface area contributed by atoms with Crippen molar-refractivity contribution < 1.29 is 14.3 Å². The van der Waals surface area contributed by atoms with E-state index in [0.29, 0.717) is 6.42 Å². The van der Waals surface area contributed by atoms with Crippen molar-refractivity contribution in [3.05, 3.63) is 0 Å². The van der Waals surface area contributed by atoms with E-state index in [9.17, 15) is 9.59 Å². The van der Waals surface area contributed by atoms with E-state index in [1.54, 1.807) is 20.8 Å². The summed E-state index contributed by atoms with van der Waals surface area (Å²) in [6.45, 7) is 11.2. The van der Waals surface area contributed by atoms with E-state index in [4.69, 9.17) is 10.5 Å². The van der Waals surface area contributed by atoms with Crippen molar-refractivity contribution in [3.63, 3.8) is 0 Å². The number of nitrogens with two attached hydrogens (primary N) is 1. The van der Waals surface area contributed by atoms with Crippen molar-refractivity contribution in [1.82, 2.24) is 5.32 Å². The molecule has 0 saturated heterocycles. The highest BCUT2D eigenvalue weighted by molar-refractivity contribution is 5.84. The first-order valence-corrected chi connectivity index (χ1v) is 5.69. The molecule has 1 unspecified atom stereocenters. The van der Waals surface area contributed by atoms with Crippen LogP contribution in [0.3, 0.4) is 0 Å². The molecule has 1 atom stereocenters. The van der Waals surface area contributed by atoms with E-state index in [-0.39, 0.29) is 5.41 Å². The molecule has 0 aromatic heterocycles. The number of ether oxygens (including phenoxy) is 1. The maximum Gasteiger partial charge on any atom is 0.408 e. The Hall–Kier alpha value is -1.26. The fourth-order valence-corrected chi connectivity index (χ4v) is 1.28. The van der Waals surface area contributed by atoms with Gasteiger partial charge in [0.2, 0.25) is 5.91 Å². The Balaban J connectivity index is 4.47. The molecule has 5 heteroatoms. The summed E-state index contributed by atoms with van der Waals surface area (Å²) in [5, 5.41) is 2.49. The van der Waals surface area contributed by atoms with Gasteiger partial charge in [0.15, 0.2) is 0 Å². The standard InChI is InChI=1S/C12H24N2O3/c1-11(2,3)7-8(9(13)15)14-10(16)17-12(4,5)6/h8H,7H2,1-6H3,(H2,13,15)(H,14,16). The Bertz CT molecular complexity index is 287. The summed E-state index contributed by atoms with van der Waals surface area (Å²) in [4.78, 5) is 22.7. The second-order valence-corrected chi connectivity index (χ2v) is 6.37. The van der Waals surface area contributed by atoms with Gasteiger partial charge in [0.05, 0.1) is 0 Å². The van der Waals surface area contributed by atoms with Crippen molar-refractivity contribution >= 4 is 12.0 Å². The Morgan fingerprint density at radius 2 is 1.65 bits per heavy atom. The summed E-state index contributed by atoms with van der Waals surface area (Å²) in [6.07, 6.45) is -0.146. The summed E-state index contributed by atoms with van der Waals surface area (Å²) in [6, 6.07) is -0.704. The number of hydrogen-bond acceptors (Lipinski definition) is 3. The molecule has 0 bridgehead atoms. The molecule has 2 amide bonds. The second-order valence-electron chi connectivity index (χ2n) is 6.37. The number of carbonyl (C=O) groups is 2. The van der Waals surface area contributed by atoms with Crippen LogP contribution in [0.1, 0.15) is 48.0 Å². The topological polar surface area (TPSA) is 81.4 Å². The molecule has 0 aromatic rings. The summed E-state index contributed by atoms with van der Waals surface area (Å²) in [5.41, 5.74) is 4.55. The normalized spacial score (nSPS) is 14.0. The molecule has 3 N–H and O–H groups in total. The molecule has 0 heterocycles. The number of primary amides is 1. The number of alkyl carbamates (subject to hydrolysis) is 1. The van der Waals surface area contributed by atoms with E-state index in [1.165, 1.54) is 0 Å². The minimum absolute atomic E-state index is 0.102. The van der Waals surface area contributed by atoms with Crippen LogP contribution in [0, 0.1) is 5.41 Å². The van der Waals surface area contributed by atoms with Crippen LogP contribution in [0.4, 0.5) is 4.79 Å². The number of rotatable bonds is 3. The molecular formula is C12H24N2O3. The maximum atomic E-state index is 11.5. The molecular weight excluding hydrogens is 220 g/mol. The Morgan fingerprint density at radius 1 is 1.18 bits per heavy atom. The van der Waals surface area contributed by atoms with Crippen molar-refractivity contribution in [2.75, 3.05) is 0 Å². The number of carbonyl (C=O) groups excluding carboxylic acids is 2. The Kier molecular flexibility index (Phi) is 4.98. The number of nitrogens with one attached hydrogen (secondary N) is 1. The second kappa shape index (κ2) is 5.38. The lowest BCUT2D eigenvalue weighted by molar-refractivity contribution is -0.120. The predicted octanol–water partition coefficient (Wildman–Crippen LogP) is 1.80. The lowest BCUT2D eigenvalue weighted by Gasteiger charge is -2.26. The van der Waals surface area contributed by atoms with Crippen LogP contribution in [0.15, 0.2) is 0 Å². The lowest BCUT2D eigenvalue weighted by Crippen LogP contribution is -2.47. The molecule has 100 valence electrons. The molecule has 5 nitrogen and oxygen atoms in total. The van der Waals surface area contributed by atoms with Crippen molar-refractivity contribution in [3.8, 4) is 0 Å². The van der Waals surface area contributed by atoms with Gasteiger partial charge in [-0.15, -0.1) is 0 Å². The largest absolute Gasteiger partial charge is 0.444 e. The Labute approximate surface area is 103 Å². The van der Waals surface area contributed by atoms with Crippen LogP contribution in [0.5, 0.6) is 0 Å². The summed E-state index contributed by atoms with van der Waals surface area (Å²) >= 11 is 0. The average molecular weight is 244 g/mol. The average Bonchev–Trinajstić information content (AvgIpc) is 1.95. The van der Waals surface area contributed by atoms with Gasteiger partial charge in [-0.3, -0.25) is 4.79 Å². The van der Waals surface area contributed by atoms with Crippen molar-refractivity contribution in [1.29, 1.82) is 0 Å². The fraction of sp³-hybridized carbons (Fsp3) is 0.833. The molecule has 0 aromatic carbocycles. The van der Waals surface area contributed by atoms with E-state index in [1.807, 2.05) is 20.8 Å². The van der Waals surface area contributed by atoms with Crippen LogP contribution in [-0.4, -0.2) is 23.6 Å². The third kappa shape index (κ3) is 8.54.